The van der Waals surface area contributed by atoms with Gasteiger partial charge in [-0.05, 0) is 12.1 Å². The minimum Gasteiger partial charge on any atom is -0.398 e. The van der Waals surface area contributed by atoms with Gasteiger partial charge in [-0.2, -0.15) is 5.10 Å². The zero-order chi connectivity index (χ0) is 10.3. The van der Waals surface area contributed by atoms with Crippen LogP contribution in [0, 0.1) is 0 Å². The van der Waals surface area contributed by atoms with Gasteiger partial charge in [0.2, 0.25) is 0 Å². The van der Waals surface area contributed by atoms with Crippen molar-refractivity contribution in [2.45, 2.75) is 0 Å². The summed E-state index contributed by atoms with van der Waals surface area (Å²) in [6, 6.07) is 3.86. The second kappa shape index (κ2) is 3.03. The smallest absolute Gasteiger partial charge is 0.147 e. The quantitative estimate of drug-likeness (QED) is 0.607. The molecule has 0 saturated heterocycles. The maximum atomic E-state index is 5.90. The molecule has 15 heavy (non-hydrogen) atoms. The molecule has 3 aromatic rings. The van der Waals surface area contributed by atoms with Crippen LogP contribution in [0.1, 0.15) is 0 Å². The van der Waals surface area contributed by atoms with Gasteiger partial charge < -0.3 is 5.73 Å². The van der Waals surface area contributed by atoms with E-state index in [9.17, 15) is 0 Å². The zero-order valence-corrected chi connectivity index (χ0v) is 8.45. The SMILES string of the molecule is Nc1cc(-c2nncs2)cc2[nH]ncc12. The molecule has 3 rings (SSSR count). The number of nitrogens with one attached hydrogen (secondary N) is 1. The lowest BCUT2D eigenvalue weighted by atomic mass is 10.1. The van der Waals surface area contributed by atoms with E-state index in [1.54, 1.807) is 11.7 Å². The summed E-state index contributed by atoms with van der Waals surface area (Å²) < 4.78 is 0. The summed E-state index contributed by atoms with van der Waals surface area (Å²) in [6.07, 6.45) is 1.72. The Morgan fingerprint density at radius 3 is 3.07 bits per heavy atom. The Morgan fingerprint density at radius 1 is 1.33 bits per heavy atom. The number of hydrogen-bond donors (Lipinski definition) is 2. The van der Waals surface area contributed by atoms with Gasteiger partial charge in [0, 0.05) is 16.6 Å². The minimum atomic E-state index is 0.700. The molecule has 6 heteroatoms. The first kappa shape index (κ1) is 8.37. The van der Waals surface area contributed by atoms with Crippen molar-refractivity contribution in [3.63, 3.8) is 0 Å². The van der Waals surface area contributed by atoms with E-state index in [2.05, 4.69) is 20.4 Å². The van der Waals surface area contributed by atoms with Crippen molar-refractivity contribution in [2.24, 2.45) is 0 Å². The predicted molar refractivity (Wildman–Crippen MR) is 59.4 cm³/mol. The molecule has 5 nitrogen and oxygen atoms in total. The Morgan fingerprint density at radius 2 is 2.27 bits per heavy atom. The van der Waals surface area contributed by atoms with Crippen LogP contribution in [-0.4, -0.2) is 20.4 Å². The summed E-state index contributed by atoms with van der Waals surface area (Å²) in [7, 11) is 0. The lowest BCUT2D eigenvalue weighted by Gasteiger charge is -1.99. The average molecular weight is 217 g/mol. The first-order chi connectivity index (χ1) is 7.34. The van der Waals surface area contributed by atoms with Crippen molar-refractivity contribution in [1.82, 2.24) is 20.4 Å². The number of fused-ring (bicyclic) bond motifs is 1. The third kappa shape index (κ3) is 1.26. The number of H-pyrrole nitrogens is 1. The lowest BCUT2D eigenvalue weighted by Crippen LogP contribution is -1.87. The first-order valence-electron chi connectivity index (χ1n) is 4.34. The second-order valence-corrected chi connectivity index (χ2v) is 3.97. The van der Waals surface area contributed by atoms with Crippen LogP contribution in [0.5, 0.6) is 0 Å². The molecule has 1 aromatic carbocycles. The van der Waals surface area contributed by atoms with Crippen LogP contribution in [0.25, 0.3) is 21.5 Å². The fraction of sp³-hybridized carbons (Fsp3) is 0. The van der Waals surface area contributed by atoms with E-state index in [4.69, 9.17) is 5.73 Å². The summed E-state index contributed by atoms with van der Waals surface area (Å²) in [5, 5.41) is 16.4. The first-order valence-corrected chi connectivity index (χ1v) is 5.22. The number of anilines is 1. The molecule has 0 aliphatic heterocycles. The van der Waals surface area contributed by atoms with Gasteiger partial charge in [-0.15, -0.1) is 10.2 Å². The standard InChI is InChI=1S/C9H7N5S/c10-7-1-5(9-14-12-4-15-9)2-8-6(7)3-11-13-8/h1-4H,10H2,(H,11,13). The van der Waals surface area contributed by atoms with E-state index in [1.807, 2.05) is 12.1 Å². The maximum absolute atomic E-state index is 5.90. The molecule has 3 N–H and O–H groups in total. The molecular weight excluding hydrogens is 210 g/mol. The van der Waals surface area contributed by atoms with Gasteiger partial charge in [-0.25, -0.2) is 0 Å². The van der Waals surface area contributed by atoms with E-state index in [-0.39, 0.29) is 0 Å². The molecule has 0 amide bonds. The Balaban J connectivity index is 2.29. The van der Waals surface area contributed by atoms with Gasteiger partial charge in [0.25, 0.3) is 0 Å². The van der Waals surface area contributed by atoms with Gasteiger partial charge >= 0.3 is 0 Å². The zero-order valence-electron chi connectivity index (χ0n) is 7.64. The van der Waals surface area contributed by atoms with Gasteiger partial charge in [0.1, 0.15) is 10.5 Å². The van der Waals surface area contributed by atoms with Gasteiger partial charge in [-0.3, -0.25) is 5.10 Å². The van der Waals surface area contributed by atoms with E-state index in [0.717, 1.165) is 21.5 Å². The number of hydrogen-bond acceptors (Lipinski definition) is 5. The Hall–Kier alpha value is -1.95. The van der Waals surface area contributed by atoms with E-state index in [0.29, 0.717) is 5.69 Å². The van der Waals surface area contributed by atoms with Crippen LogP contribution >= 0.6 is 11.3 Å². The highest BCUT2D eigenvalue weighted by Gasteiger charge is 2.07. The summed E-state index contributed by atoms with van der Waals surface area (Å²) in [5.41, 5.74) is 10.2. The number of aromatic amines is 1. The number of rotatable bonds is 1. The maximum Gasteiger partial charge on any atom is 0.147 e. The molecule has 0 radical (unpaired) electrons. The molecule has 2 aromatic heterocycles. The molecule has 0 fully saturated rings. The van der Waals surface area contributed by atoms with E-state index in [1.165, 1.54) is 11.3 Å². The molecule has 0 bridgehead atoms. The van der Waals surface area contributed by atoms with Crippen LogP contribution in [0.4, 0.5) is 5.69 Å². The van der Waals surface area contributed by atoms with Crippen LogP contribution in [-0.2, 0) is 0 Å². The number of benzene rings is 1. The molecule has 0 spiro atoms. The predicted octanol–water partition coefficient (Wildman–Crippen LogP) is 1.66. The second-order valence-electron chi connectivity index (χ2n) is 3.14. The van der Waals surface area contributed by atoms with Crippen LogP contribution < -0.4 is 5.73 Å². The fourth-order valence-corrected chi connectivity index (χ4v) is 2.04. The van der Waals surface area contributed by atoms with Crippen molar-refractivity contribution in [1.29, 1.82) is 0 Å². The highest BCUT2D eigenvalue weighted by Crippen LogP contribution is 2.28. The summed E-state index contributed by atoms with van der Waals surface area (Å²) in [6.45, 7) is 0. The average Bonchev–Trinajstić information content (AvgIpc) is 2.88. The van der Waals surface area contributed by atoms with Gasteiger partial charge in [0.15, 0.2) is 0 Å². The number of nitrogen functional groups attached to an aromatic ring is 1. The molecule has 0 atom stereocenters. The Labute approximate surface area is 89.0 Å². The highest BCUT2D eigenvalue weighted by atomic mass is 32.1. The Bertz CT molecular complexity index is 598. The van der Waals surface area contributed by atoms with Crippen molar-refractivity contribution in [2.75, 3.05) is 5.73 Å². The van der Waals surface area contributed by atoms with Crippen LogP contribution in [0.3, 0.4) is 0 Å². The molecule has 0 saturated carbocycles. The van der Waals surface area contributed by atoms with Gasteiger partial charge in [0.05, 0.1) is 11.7 Å². The fourth-order valence-electron chi connectivity index (χ4n) is 1.50. The largest absolute Gasteiger partial charge is 0.398 e. The van der Waals surface area contributed by atoms with E-state index >= 15 is 0 Å². The third-order valence-corrected chi connectivity index (χ3v) is 2.94. The lowest BCUT2D eigenvalue weighted by molar-refractivity contribution is 1.09. The number of nitrogens with zero attached hydrogens (tertiary/aromatic N) is 3. The van der Waals surface area contributed by atoms with Crippen molar-refractivity contribution in [3.05, 3.63) is 23.8 Å². The molecule has 2 heterocycles. The van der Waals surface area contributed by atoms with Crippen molar-refractivity contribution >= 4 is 27.9 Å². The summed E-state index contributed by atoms with van der Waals surface area (Å²) in [5.74, 6) is 0. The number of nitrogens with two attached hydrogens (primary N) is 1. The van der Waals surface area contributed by atoms with Crippen molar-refractivity contribution in [3.8, 4) is 10.6 Å². The van der Waals surface area contributed by atoms with E-state index < -0.39 is 0 Å². The minimum absolute atomic E-state index is 0.700. The topological polar surface area (TPSA) is 80.5 Å². The van der Waals surface area contributed by atoms with Gasteiger partial charge in [-0.1, -0.05) is 11.3 Å². The van der Waals surface area contributed by atoms with Crippen molar-refractivity contribution < 1.29 is 0 Å². The molecule has 0 aliphatic carbocycles. The third-order valence-electron chi connectivity index (χ3n) is 2.20. The summed E-state index contributed by atoms with van der Waals surface area (Å²) >= 11 is 1.48. The van der Waals surface area contributed by atoms with Crippen LogP contribution in [0.2, 0.25) is 0 Å². The van der Waals surface area contributed by atoms with Crippen LogP contribution in [0.15, 0.2) is 23.8 Å². The number of aromatic nitrogens is 4. The molecule has 0 unspecified atom stereocenters. The molecular formula is C9H7N5S. The molecule has 74 valence electrons. The summed E-state index contributed by atoms with van der Waals surface area (Å²) in [4.78, 5) is 0. The molecule has 0 aliphatic rings. The highest BCUT2D eigenvalue weighted by molar-refractivity contribution is 7.12. The Kier molecular flexibility index (Phi) is 1.69. The normalized spacial score (nSPS) is 10.9. The monoisotopic (exact) mass is 217 g/mol.